The standard InChI is InChI=1S/C22H27ClN4O5/c23-21-15-11-26-12-18(28)25-22(26)24-16(15)8-9-17(21)32-10-4-3-7-19(29)27(13-20(30)31)14-5-1-2-6-14/h8-9,14H,1-7,10-13H2,(H,30,31)(H,24,25,28). The minimum atomic E-state index is -0.971. The molecule has 1 saturated carbocycles. The minimum absolute atomic E-state index is 0.0495. The monoisotopic (exact) mass is 462 g/mol. The number of benzene rings is 1. The highest BCUT2D eigenvalue weighted by Gasteiger charge is 2.31. The quantitative estimate of drug-likeness (QED) is 0.546. The fourth-order valence-corrected chi connectivity index (χ4v) is 4.74. The number of nitrogens with zero attached hydrogens (tertiary/aromatic N) is 3. The number of hydrogen-bond acceptors (Lipinski definition) is 6. The van der Waals surface area contributed by atoms with Gasteiger partial charge in [0.15, 0.2) is 0 Å². The fraction of sp³-hybridized carbons (Fsp3) is 0.545. The Bertz CT molecular complexity index is 944. The number of unbranched alkanes of at least 4 members (excludes halogenated alkanes) is 1. The van der Waals surface area contributed by atoms with Crippen LogP contribution in [0.5, 0.6) is 5.75 Å². The second-order valence-electron chi connectivity index (χ2n) is 8.37. The molecule has 0 bridgehead atoms. The topological polar surface area (TPSA) is 112 Å². The zero-order valence-corrected chi connectivity index (χ0v) is 18.6. The van der Waals surface area contributed by atoms with Gasteiger partial charge >= 0.3 is 5.97 Å². The number of fused-ring (bicyclic) bond motifs is 2. The van der Waals surface area contributed by atoms with E-state index in [0.717, 1.165) is 31.2 Å². The number of carbonyl (C=O) groups excluding carboxylic acids is 2. The van der Waals surface area contributed by atoms with Crippen molar-refractivity contribution in [3.63, 3.8) is 0 Å². The predicted molar refractivity (Wildman–Crippen MR) is 118 cm³/mol. The number of carboxylic acids is 1. The first kappa shape index (κ1) is 22.4. The van der Waals surface area contributed by atoms with E-state index < -0.39 is 5.97 Å². The molecule has 2 fully saturated rings. The molecule has 9 nitrogen and oxygen atoms in total. The highest BCUT2D eigenvalue weighted by Crippen LogP contribution is 2.38. The summed E-state index contributed by atoms with van der Waals surface area (Å²) >= 11 is 6.54. The van der Waals surface area contributed by atoms with Crippen molar-refractivity contribution in [2.45, 2.75) is 57.5 Å². The van der Waals surface area contributed by atoms with E-state index in [4.69, 9.17) is 21.4 Å². The molecule has 2 aliphatic heterocycles. The Hall–Kier alpha value is -2.81. The number of amides is 2. The van der Waals surface area contributed by atoms with E-state index in [0.29, 0.717) is 54.8 Å². The van der Waals surface area contributed by atoms with Crippen LogP contribution in [0, 0.1) is 0 Å². The average molecular weight is 463 g/mol. The number of aliphatic carboxylic acids is 1. The molecule has 10 heteroatoms. The van der Waals surface area contributed by atoms with E-state index in [2.05, 4.69) is 10.3 Å². The van der Waals surface area contributed by atoms with Crippen molar-refractivity contribution in [1.29, 1.82) is 0 Å². The Morgan fingerprint density at radius 3 is 2.78 bits per heavy atom. The van der Waals surface area contributed by atoms with Crippen molar-refractivity contribution in [3.8, 4) is 5.75 Å². The Kier molecular flexibility index (Phi) is 6.83. The number of hydrogen-bond donors (Lipinski definition) is 2. The molecule has 172 valence electrons. The summed E-state index contributed by atoms with van der Waals surface area (Å²) in [5.74, 6) is -0.0675. The third kappa shape index (κ3) is 4.98. The average Bonchev–Trinajstić information content (AvgIpc) is 3.40. The first-order valence-electron chi connectivity index (χ1n) is 11.0. The third-order valence-electron chi connectivity index (χ3n) is 6.08. The summed E-state index contributed by atoms with van der Waals surface area (Å²) in [4.78, 5) is 43.1. The van der Waals surface area contributed by atoms with Gasteiger partial charge < -0.3 is 19.6 Å². The van der Waals surface area contributed by atoms with Gasteiger partial charge in [-0.1, -0.05) is 24.4 Å². The molecule has 0 aromatic heterocycles. The molecule has 0 radical (unpaired) electrons. The van der Waals surface area contributed by atoms with Crippen LogP contribution in [-0.4, -0.2) is 64.4 Å². The lowest BCUT2D eigenvalue weighted by Crippen LogP contribution is -2.42. The zero-order valence-electron chi connectivity index (χ0n) is 17.8. The molecule has 32 heavy (non-hydrogen) atoms. The van der Waals surface area contributed by atoms with Crippen molar-refractivity contribution in [3.05, 3.63) is 22.7 Å². The molecule has 1 saturated heterocycles. The smallest absolute Gasteiger partial charge is 0.323 e. The summed E-state index contributed by atoms with van der Waals surface area (Å²) in [5.41, 5.74) is 1.53. The van der Waals surface area contributed by atoms with Gasteiger partial charge in [-0.05, 0) is 37.8 Å². The molecule has 0 unspecified atom stereocenters. The van der Waals surface area contributed by atoms with Crippen LogP contribution >= 0.6 is 11.6 Å². The van der Waals surface area contributed by atoms with Crippen molar-refractivity contribution in [1.82, 2.24) is 15.1 Å². The van der Waals surface area contributed by atoms with Crippen LogP contribution < -0.4 is 10.1 Å². The van der Waals surface area contributed by atoms with Gasteiger partial charge in [0.1, 0.15) is 18.8 Å². The van der Waals surface area contributed by atoms with Crippen LogP contribution in [0.1, 0.15) is 50.5 Å². The summed E-state index contributed by atoms with van der Waals surface area (Å²) in [6.45, 7) is 0.908. The van der Waals surface area contributed by atoms with Gasteiger partial charge in [0, 0.05) is 18.0 Å². The Balaban J connectivity index is 1.26. The lowest BCUT2D eigenvalue weighted by Gasteiger charge is -2.27. The summed E-state index contributed by atoms with van der Waals surface area (Å²) in [6, 6.07) is 3.63. The van der Waals surface area contributed by atoms with Crippen LogP contribution in [0.15, 0.2) is 17.1 Å². The predicted octanol–water partition coefficient (Wildman–Crippen LogP) is 2.68. The molecule has 1 aliphatic carbocycles. The van der Waals surface area contributed by atoms with Gasteiger partial charge in [-0.25, -0.2) is 4.99 Å². The minimum Gasteiger partial charge on any atom is -0.492 e. The van der Waals surface area contributed by atoms with Gasteiger partial charge in [0.05, 0.1) is 23.9 Å². The van der Waals surface area contributed by atoms with Crippen LogP contribution in [0.3, 0.4) is 0 Å². The summed E-state index contributed by atoms with van der Waals surface area (Å²) in [7, 11) is 0. The van der Waals surface area contributed by atoms with E-state index in [9.17, 15) is 14.4 Å². The molecule has 1 aromatic carbocycles. The highest BCUT2D eigenvalue weighted by molar-refractivity contribution is 6.33. The van der Waals surface area contributed by atoms with Crippen molar-refractivity contribution < 1.29 is 24.2 Å². The molecule has 2 amide bonds. The second-order valence-corrected chi connectivity index (χ2v) is 8.75. The lowest BCUT2D eigenvalue weighted by atomic mass is 10.1. The normalized spacial score (nSPS) is 17.5. The molecular weight excluding hydrogens is 436 g/mol. The SMILES string of the molecule is O=C(O)CN(C(=O)CCCCOc1ccc2c(c1Cl)CN1CC(=O)NC1=N2)C1CCCC1. The number of ether oxygens (including phenoxy) is 1. The van der Waals surface area contributed by atoms with Gasteiger partial charge in [0.2, 0.25) is 17.8 Å². The van der Waals surface area contributed by atoms with Crippen molar-refractivity contribution in [2.24, 2.45) is 4.99 Å². The molecule has 0 spiro atoms. The third-order valence-corrected chi connectivity index (χ3v) is 6.49. The number of guanidine groups is 1. The summed E-state index contributed by atoms with van der Waals surface area (Å²) in [6.07, 6.45) is 5.41. The number of halogens is 1. The molecule has 1 aromatic rings. The first-order valence-corrected chi connectivity index (χ1v) is 11.4. The van der Waals surface area contributed by atoms with Crippen LogP contribution in [-0.2, 0) is 20.9 Å². The molecule has 3 aliphatic rings. The Morgan fingerprint density at radius 2 is 2.03 bits per heavy atom. The number of carbonyl (C=O) groups is 3. The molecule has 2 heterocycles. The maximum absolute atomic E-state index is 12.6. The van der Waals surface area contributed by atoms with E-state index >= 15 is 0 Å². The lowest BCUT2D eigenvalue weighted by molar-refractivity contribution is -0.146. The molecule has 0 atom stereocenters. The number of aliphatic imine (C=N–C) groups is 1. The Labute approximate surface area is 191 Å². The van der Waals surface area contributed by atoms with Gasteiger partial charge in [-0.15, -0.1) is 0 Å². The largest absolute Gasteiger partial charge is 0.492 e. The molecule has 4 rings (SSSR count). The second kappa shape index (κ2) is 9.77. The van der Waals surface area contributed by atoms with Crippen LogP contribution in [0.25, 0.3) is 0 Å². The van der Waals surface area contributed by atoms with Crippen LogP contribution in [0.4, 0.5) is 5.69 Å². The van der Waals surface area contributed by atoms with E-state index in [1.165, 1.54) is 4.90 Å². The van der Waals surface area contributed by atoms with E-state index in [1.807, 2.05) is 11.0 Å². The van der Waals surface area contributed by atoms with Gasteiger partial charge in [0.25, 0.3) is 0 Å². The number of rotatable bonds is 9. The first-order chi connectivity index (χ1) is 15.4. The molecular formula is C22H27ClN4O5. The van der Waals surface area contributed by atoms with Crippen molar-refractivity contribution in [2.75, 3.05) is 19.7 Å². The van der Waals surface area contributed by atoms with Crippen molar-refractivity contribution >= 4 is 41.0 Å². The van der Waals surface area contributed by atoms with Gasteiger partial charge in [-0.2, -0.15) is 0 Å². The highest BCUT2D eigenvalue weighted by atomic mass is 35.5. The molecule has 2 N–H and O–H groups in total. The van der Waals surface area contributed by atoms with E-state index in [1.54, 1.807) is 6.07 Å². The summed E-state index contributed by atoms with van der Waals surface area (Å²) < 4.78 is 5.84. The van der Waals surface area contributed by atoms with E-state index in [-0.39, 0.29) is 30.9 Å². The summed E-state index contributed by atoms with van der Waals surface area (Å²) in [5, 5.41) is 12.3. The maximum atomic E-state index is 12.6. The zero-order chi connectivity index (χ0) is 22.7. The maximum Gasteiger partial charge on any atom is 0.323 e. The van der Waals surface area contributed by atoms with Gasteiger partial charge in [-0.3, -0.25) is 19.7 Å². The van der Waals surface area contributed by atoms with Crippen LogP contribution in [0.2, 0.25) is 5.02 Å². The number of carboxylic acid groups (broad SMARTS) is 1. The fourth-order valence-electron chi connectivity index (χ4n) is 4.47. The number of nitrogens with one attached hydrogen (secondary N) is 1. The Morgan fingerprint density at radius 1 is 1.25 bits per heavy atom.